The minimum absolute atomic E-state index is 0.318. The fourth-order valence-electron chi connectivity index (χ4n) is 3.63. The number of piperidine rings is 1. The molecule has 0 saturated carbocycles. The molecule has 2 nitrogen and oxygen atoms in total. The fourth-order valence-corrected chi connectivity index (χ4v) is 3.63. The Bertz CT molecular complexity index is 454. The van der Waals surface area contributed by atoms with Crippen molar-refractivity contribution in [3.63, 3.8) is 0 Å². The van der Waals surface area contributed by atoms with Gasteiger partial charge in [0.05, 0.1) is 0 Å². The van der Waals surface area contributed by atoms with Crippen LogP contribution in [0.2, 0.25) is 0 Å². The first kappa shape index (κ1) is 10.8. The molecule has 3 unspecified atom stereocenters. The monoisotopic (exact) mass is 229 g/mol. The predicted octanol–water partition coefficient (Wildman–Crippen LogP) is 2.58. The summed E-state index contributed by atoms with van der Waals surface area (Å²) >= 11 is 0. The second kappa shape index (κ2) is 3.86. The van der Waals surface area contributed by atoms with E-state index in [4.69, 9.17) is 0 Å². The van der Waals surface area contributed by atoms with Crippen LogP contribution >= 0.6 is 0 Å². The van der Waals surface area contributed by atoms with E-state index in [1.807, 2.05) is 11.9 Å². The number of aryl methyl sites for hydroxylation is 1. The van der Waals surface area contributed by atoms with Crippen molar-refractivity contribution in [1.29, 1.82) is 0 Å². The van der Waals surface area contributed by atoms with Crippen LogP contribution in [0.5, 0.6) is 0 Å². The second-order valence-electron chi connectivity index (χ2n) is 5.52. The van der Waals surface area contributed by atoms with Crippen LogP contribution in [-0.2, 0) is 11.2 Å². The summed E-state index contributed by atoms with van der Waals surface area (Å²) in [5.41, 5.74) is 2.97. The molecule has 3 atom stereocenters. The summed E-state index contributed by atoms with van der Waals surface area (Å²) in [5.74, 6) is 1.34. The quantitative estimate of drug-likeness (QED) is 0.669. The number of hydrogen-bond donors (Lipinski definition) is 0. The Balaban J connectivity index is 2.04. The summed E-state index contributed by atoms with van der Waals surface area (Å²) in [5, 5.41) is 0. The molecule has 3 rings (SSSR count). The van der Waals surface area contributed by atoms with Crippen LogP contribution in [0, 0.1) is 5.92 Å². The minimum Gasteiger partial charge on any atom is -0.342 e. The molecule has 17 heavy (non-hydrogen) atoms. The molecule has 1 heterocycles. The van der Waals surface area contributed by atoms with Crippen LogP contribution in [0.4, 0.5) is 0 Å². The molecule has 0 bridgehead atoms. The number of nitrogens with zero attached hydrogens (tertiary/aromatic N) is 1. The SMILES string of the molecule is CC1CC(=O)N(C)C2CCc3ccccc3C12. The lowest BCUT2D eigenvalue weighted by Crippen LogP contribution is -2.50. The lowest BCUT2D eigenvalue weighted by molar-refractivity contribution is -0.137. The van der Waals surface area contributed by atoms with Crippen molar-refractivity contribution in [3.8, 4) is 0 Å². The maximum Gasteiger partial charge on any atom is 0.222 e. The average Bonchev–Trinajstić information content (AvgIpc) is 2.35. The first-order chi connectivity index (χ1) is 8.18. The van der Waals surface area contributed by atoms with Crippen LogP contribution < -0.4 is 0 Å². The summed E-state index contributed by atoms with van der Waals surface area (Å²) in [6, 6.07) is 9.17. The van der Waals surface area contributed by atoms with E-state index in [1.54, 1.807) is 0 Å². The number of likely N-dealkylation sites (N-methyl/N-ethyl adjacent to an activating group) is 1. The molecule has 0 spiro atoms. The van der Waals surface area contributed by atoms with Gasteiger partial charge in [-0.3, -0.25) is 4.79 Å². The van der Waals surface area contributed by atoms with Crippen molar-refractivity contribution in [2.45, 2.75) is 38.1 Å². The van der Waals surface area contributed by atoms with Crippen LogP contribution in [0.1, 0.15) is 36.8 Å². The van der Waals surface area contributed by atoms with E-state index in [2.05, 4.69) is 31.2 Å². The highest BCUT2D eigenvalue weighted by atomic mass is 16.2. The third kappa shape index (κ3) is 1.58. The van der Waals surface area contributed by atoms with E-state index in [9.17, 15) is 4.79 Å². The standard InChI is InChI=1S/C15H19NO/c1-10-9-14(17)16(2)13-8-7-11-5-3-4-6-12(11)15(10)13/h3-6,10,13,15H,7-9H2,1-2H3. The first-order valence-electron chi connectivity index (χ1n) is 6.52. The third-order valence-electron chi connectivity index (χ3n) is 4.54. The summed E-state index contributed by atoms with van der Waals surface area (Å²) in [4.78, 5) is 13.9. The number of hydrogen-bond acceptors (Lipinski definition) is 1. The van der Waals surface area contributed by atoms with Crippen molar-refractivity contribution in [2.24, 2.45) is 5.92 Å². The van der Waals surface area contributed by atoms with Gasteiger partial charge in [-0.1, -0.05) is 31.2 Å². The molecular formula is C15H19NO. The number of carbonyl (C=O) groups is 1. The molecule has 0 aromatic heterocycles. The highest BCUT2D eigenvalue weighted by Gasteiger charge is 2.41. The van der Waals surface area contributed by atoms with Crippen LogP contribution in [0.15, 0.2) is 24.3 Å². The minimum atomic E-state index is 0.318. The van der Waals surface area contributed by atoms with Crippen molar-refractivity contribution < 1.29 is 4.79 Å². The molecule has 2 heteroatoms. The van der Waals surface area contributed by atoms with Crippen LogP contribution in [-0.4, -0.2) is 23.9 Å². The van der Waals surface area contributed by atoms with E-state index < -0.39 is 0 Å². The molecule has 1 aliphatic heterocycles. The van der Waals surface area contributed by atoms with Crippen molar-refractivity contribution in [1.82, 2.24) is 4.90 Å². The molecule has 0 radical (unpaired) electrons. The third-order valence-corrected chi connectivity index (χ3v) is 4.54. The van der Waals surface area contributed by atoms with Crippen molar-refractivity contribution >= 4 is 5.91 Å². The second-order valence-corrected chi connectivity index (χ2v) is 5.52. The van der Waals surface area contributed by atoms with Gasteiger partial charge in [-0.15, -0.1) is 0 Å². The Hall–Kier alpha value is -1.31. The molecule has 1 amide bonds. The number of fused-ring (bicyclic) bond motifs is 3. The smallest absolute Gasteiger partial charge is 0.222 e. The Kier molecular flexibility index (Phi) is 2.46. The molecule has 0 N–H and O–H groups in total. The highest BCUT2D eigenvalue weighted by Crippen LogP contribution is 2.43. The van der Waals surface area contributed by atoms with Gasteiger partial charge in [0.25, 0.3) is 0 Å². The van der Waals surface area contributed by atoms with E-state index in [-0.39, 0.29) is 0 Å². The number of carbonyl (C=O) groups excluding carboxylic acids is 1. The topological polar surface area (TPSA) is 20.3 Å². The maximum absolute atomic E-state index is 11.9. The zero-order valence-corrected chi connectivity index (χ0v) is 10.5. The van der Waals surface area contributed by atoms with E-state index in [1.165, 1.54) is 11.1 Å². The van der Waals surface area contributed by atoms with E-state index >= 15 is 0 Å². The van der Waals surface area contributed by atoms with Gasteiger partial charge in [0.15, 0.2) is 0 Å². The van der Waals surface area contributed by atoms with Gasteiger partial charge in [0.2, 0.25) is 5.91 Å². The lowest BCUT2D eigenvalue weighted by atomic mass is 9.69. The van der Waals surface area contributed by atoms with Gasteiger partial charge in [0.1, 0.15) is 0 Å². The lowest BCUT2D eigenvalue weighted by Gasteiger charge is -2.46. The van der Waals surface area contributed by atoms with Crippen molar-refractivity contribution in [3.05, 3.63) is 35.4 Å². The van der Waals surface area contributed by atoms with Gasteiger partial charge < -0.3 is 4.90 Å². The number of amides is 1. The molecule has 90 valence electrons. The molecular weight excluding hydrogens is 210 g/mol. The number of rotatable bonds is 0. The zero-order chi connectivity index (χ0) is 12.0. The Morgan fingerprint density at radius 1 is 1.29 bits per heavy atom. The highest BCUT2D eigenvalue weighted by molar-refractivity contribution is 5.78. The number of benzene rings is 1. The molecule has 1 aromatic carbocycles. The normalized spacial score (nSPS) is 32.0. The summed E-state index contributed by atoms with van der Waals surface area (Å²) in [6.45, 7) is 2.23. The van der Waals surface area contributed by atoms with E-state index in [0.29, 0.717) is 30.2 Å². The largest absolute Gasteiger partial charge is 0.342 e. The summed E-state index contributed by atoms with van der Waals surface area (Å²) < 4.78 is 0. The van der Waals surface area contributed by atoms with Gasteiger partial charge >= 0.3 is 0 Å². The fraction of sp³-hybridized carbons (Fsp3) is 0.533. The Labute approximate surface area is 103 Å². The predicted molar refractivity (Wildman–Crippen MR) is 67.8 cm³/mol. The van der Waals surface area contributed by atoms with Gasteiger partial charge in [0, 0.05) is 25.4 Å². The van der Waals surface area contributed by atoms with Crippen LogP contribution in [0.25, 0.3) is 0 Å². The molecule has 2 aliphatic rings. The molecule has 1 fully saturated rings. The molecule has 1 aromatic rings. The summed E-state index contributed by atoms with van der Waals surface area (Å²) in [6.07, 6.45) is 2.93. The van der Waals surface area contributed by atoms with Gasteiger partial charge in [-0.2, -0.15) is 0 Å². The maximum atomic E-state index is 11.9. The van der Waals surface area contributed by atoms with Gasteiger partial charge in [-0.25, -0.2) is 0 Å². The first-order valence-corrected chi connectivity index (χ1v) is 6.52. The number of likely N-dealkylation sites (tertiary alicyclic amines) is 1. The molecule has 1 aliphatic carbocycles. The van der Waals surface area contributed by atoms with Crippen molar-refractivity contribution in [2.75, 3.05) is 7.05 Å². The molecule has 1 saturated heterocycles. The Morgan fingerprint density at radius 3 is 2.88 bits per heavy atom. The van der Waals surface area contributed by atoms with E-state index in [0.717, 1.165) is 12.8 Å². The zero-order valence-electron chi connectivity index (χ0n) is 10.5. The average molecular weight is 229 g/mol. The van der Waals surface area contributed by atoms with Gasteiger partial charge in [-0.05, 0) is 29.9 Å². The Morgan fingerprint density at radius 2 is 2.06 bits per heavy atom. The van der Waals surface area contributed by atoms with Crippen LogP contribution in [0.3, 0.4) is 0 Å². The summed E-state index contributed by atoms with van der Waals surface area (Å²) in [7, 11) is 1.97.